The van der Waals surface area contributed by atoms with E-state index in [0.717, 1.165) is 4.47 Å². The third kappa shape index (κ3) is 5.16. The average molecular weight is 502 g/mol. The Morgan fingerprint density at radius 2 is 1.97 bits per heavy atom. The molecule has 2 aromatic carbocycles. The predicted octanol–water partition coefficient (Wildman–Crippen LogP) is 4.42. The van der Waals surface area contributed by atoms with Gasteiger partial charge in [0.15, 0.2) is 17.6 Å². The van der Waals surface area contributed by atoms with Crippen molar-refractivity contribution in [3.63, 3.8) is 0 Å². The highest BCUT2D eigenvalue weighted by Crippen LogP contribution is 2.29. The molecule has 0 aliphatic heterocycles. The van der Waals surface area contributed by atoms with E-state index in [1.165, 1.54) is 17.8 Å². The fourth-order valence-corrected chi connectivity index (χ4v) is 3.35. The Morgan fingerprint density at radius 1 is 1.22 bits per heavy atom. The smallest absolute Gasteiger partial charge is 0.344 e. The Hall–Kier alpha value is -3.20. The summed E-state index contributed by atoms with van der Waals surface area (Å²) in [5.74, 6) is 0.147. The van der Waals surface area contributed by atoms with Crippen molar-refractivity contribution in [1.29, 1.82) is 0 Å². The second-order valence-corrected chi connectivity index (χ2v) is 8.30. The minimum absolute atomic E-state index is 0.0276. The zero-order valence-corrected chi connectivity index (χ0v) is 19.8. The Morgan fingerprint density at radius 3 is 2.62 bits per heavy atom. The van der Waals surface area contributed by atoms with Crippen LogP contribution in [-0.4, -0.2) is 39.7 Å². The molecule has 1 atom stereocenters. The van der Waals surface area contributed by atoms with E-state index < -0.39 is 12.1 Å². The summed E-state index contributed by atoms with van der Waals surface area (Å²) in [4.78, 5) is 28.9. The van der Waals surface area contributed by atoms with Crippen molar-refractivity contribution in [3.05, 3.63) is 62.6 Å². The highest BCUT2D eigenvalue weighted by molar-refractivity contribution is 9.10. The molecule has 0 saturated carbocycles. The topological polar surface area (TPSA) is 103 Å². The molecule has 0 radical (unpaired) electrons. The molecule has 1 aromatic heterocycles. The van der Waals surface area contributed by atoms with Gasteiger partial charge in [0.2, 0.25) is 0 Å². The summed E-state index contributed by atoms with van der Waals surface area (Å²) < 4.78 is 13.2. The maximum absolute atomic E-state index is 13.1. The number of hydrogen-bond donors (Lipinski definition) is 1. The van der Waals surface area contributed by atoms with Gasteiger partial charge in [0.05, 0.1) is 23.7 Å². The van der Waals surface area contributed by atoms with Crippen molar-refractivity contribution in [1.82, 2.24) is 9.66 Å². The molecule has 0 fully saturated rings. The maximum atomic E-state index is 13.1. The Kier molecular flexibility index (Phi) is 7.29. The number of nitrogens with zero attached hydrogens (tertiary/aromatic N) is 3. The third-order valence-electron chi connectivity index (χ3n) is 4.59. The standard InChI is InChI=1S/C23H24BrN3O5/c1-5-31-20-10-15(6-9-19(20)32-14(4)23(29)30)12-25-27-21(13(2)3)26-18-8-7-16(24)11-17(18)22(27)28/h6-14H,5H2,1-4H3,(H,29,30)/t14-/m1/s1. The first-order valence-corrected chi connectivity index (χ1v) is 10.9. The van der Waals surface area contributed by atoms with Gasteiger partial charge in [-0.3, -0.25) is 4.79 Å². The van der Waals surface area contributed by atoms with Crippen molar-refractivity contribution in [3.8, 4) is 11.5 Å². The number of carbonyl (C=O) groups is 1. The van der Waals surface area contributed by atoms with Gasteiger partial charge in [0.1, 0.15) is 5.82 Å². The van der Waals surface area contributed by atoms with Crippen LogP contribution in [0, 0.1) is 0 Å². The normalized spacial score (nSPS) is 12.4. The summed E-state index contributed by atoms with van der Waals surface area (Å²) >= 11 is 3.39. The Labute approximate surface area is 193 Å². The highest BCUT2D eigenvalue weighted by atomic mass is 79.9. The number of aromatic nitrogens is 2. The third-order valence-corrected chi connectivity index (χ3v) is 5.08. The molecule has 168 valence electrons. The molecule has 0 aliphatic rings. The van der Waals surface area contributed by atoms with Crippen molar-refractivity contribution in [2.45, 2.75) is 39.7 Å². The number of rotatable bonds is 8. The molecule has 1 heterocycles. The lowest BCUT2D eigenvalue weighted by Crippen LogP contribution is -2.23. The second-order valence-electron chi connectivity index (χ2n) is 7.39. The van der Waals surface area contributed by atoms with Crippen molar-refractivity contribution in [2.24, 2.45) is 5.10 Å². The maximum Gasteiger partial charge on any atom is 0.344 e. The van der Waals surface area contributed by atoms with Crippen LogP contribution in [0.1, 0.15) is 45.0 Å². The molecule has 0 bridgehead atoms. The van der Waals surface area contributed by atoms with Crippen molar-refractivity contribution >= 4 is 39.0 Å². The van der Waals surface area contributed by atoms with Gasteiger partial charge in [-0.15, -0.1) is 0 Å². The van der Waals surface area contributed by atoms with E-state index in [1.807, 2.05) is 26.8 Å². The Balaban J connectivity index is 2.03. The summed E-state index contributed by atoms with van der Waals surface area (Å²) in [7, 11) is 0. The zero-order valence-electron chi connectivity index (χ0n) is 18.2. The summed E-state index contributed by atoms with van der Waals surface area (Å²) in [6.07, 6.45) is 0.509. The number of hydrogen-bond acceptors (Lipinski definition) is 6. The largest absolute Gasteiger partial charge is 0.490 e. The minimum atomic E-state index is -1.07. The van der Waals surface area contributed by atoms with Crippen LogP contribution < -0.4 is 15.0 Å². The zero-order chi connectivity index (χ0) is 23.4. The first kappa shape index (κ1) is 23.5. The average Bonchev–Trinajstić information content (AvgIpc) is 2.74. The van der Waals surface area contributed by atoms with Gasteiger partial charge >= 0.3 is 5.97 Å². The van der Waals surface area contributed by atoms with E-state index >= 15 is 0 Å². The van der Waals surface area contributed by atoms with Gasteiger partial charge in [-0.2, -0.15) is 9.78 Å². The molecule has 0 amide bonds. The fourth-order valence-electron chi connectivity index (χ4n) is 2.99. The first-order chi connectivity index (χ1) is 15.2. The first-order valence-electron chi connectivity index (χ1n) is 10.1. The van der Waals surface area contributed by atoms with Gasteiger partial charge in [0, 0.05) is 10.4 Å². The molecule has 1 N–H and O–H groups in total. The molecule has 8 nitrogen and oxygen atoms in total. The number of carboxylic acid groups (broad SMARTS) is 1. The molecule has 3 rings (SSSR count). The van der Waals surface area contributed by atoms with Gasteiger partial charge in [-0.1, -0.05) is 29.8 Å². The lowest BCUT2D eigenvalue weighted by Gasteiger charge is -2.15. The monoisotopic (exact) mass is 501 g/mol. The molecular formula is C23H24BrN3O5. The van der Waals surface area contributed by atoms with Gasteiger partial charge in [-0.25, -0.2) is 9.78 Å². The van der Waals surface area contributed by atoms with Crippen LogP contribution >= 0.6 is 15.9 Å². The molecule has 0 saturated heterocycles. The summed E-state index contributed by atoms with van der Waals surface area (Å²) in [6, 6.07) is 10.4. The minimum Gasteiger partial charge on any atom is -0.490 e. The van der Waals surface area contributed by atoms with E-state index in [4.69, 9.17) is 14.6 Å². The van der Waals surface area contributed by atoms with E-state index in [0.29, 0.717) is 40.4 Å². The van der Waals surface area contributed by atoms with E-state index in [-0.39, 0.29) is 11.5 Å². The molecule has 0 spiro atoms. The van der Waals surface area contributed by atoms with Crippen molar-refractivity contribution in [2.75, 3.05) is 6.61 Å². The summed E-state index contributed by atoms with van der Waals surface area (Å²) in [5, 5.41) is 14.0. The van der Waals surface area contributed by atoms with Crippen LogP contribution in [0.2, 0.25) is 0 Å². The van der Waals surface area contributed by atoms with Crippen LogP contribution in [0.3, 0.4) is 0 Å². The quantitative estimate of drug-likeness (QED) is 0.458. The van der Waals surface area contributed by atoms with Gasteiger partial charge in [0.25, 0.3) is 5.56 Å². The molecular weight excluding hydrogens is 478 g/mol. The lowest BCUT2D eigenvalue weighted by atomic mass is 10.2. The number of fused-ring (bicyclic) bond motifs is 1. The molecule has 32 heavy (non-hydrogen) atoms. The highest BCUT2D eigenvalue weighted by Gasteiger charge is 2.16. The van der Waals surface area contributed by atoms with Crippen LogP contribution in [0.5, 0.6) is 11.5 Å². The predicted molar refractivity (Wildman–Crippen MR) is 126 cm³/mol. The number of benzene rings is 2. The van der Waals surface area contributed by atoms with Gasteiger partial charge < -0.3 is 14.6 Å². The molecule has 9 heteroatoms. The molecule has 3 aromatic rings. The van der Waals surface area contributed by atoms with E-state index in [1.54, 1.807) is 30.3 Å². The van der Waals surface area contributed by atoms with Crippen molar-refractivity contribution < 1.29 is 19.4 Å². The Bertz CT molecular complexity index is 1240. The van der Waals surface area contributed by atoms with Crippen LogP contribution in [0.15, 0.2) is 50.8 Å². The molecule has 0 unspecified atom stereocenters. The number of halogens is 1. The SMILES string of the molecule is CCOc1cc(C=Nn2c(C(C)C)nc3ccc(Br)cc3c2=O)ccc1O[C@H](C)C(=O)O. The number of carboxylic acids is 1. The van der Waals surface area contributed by atoms with Gasteiger partial charge in [-0.05, 0) is 55.8 Å². The molecule has 0 aliphatic carbocycles. The van der Waals surface area contributed by atoms with E-state index in [2.05, 4.69) is 26.0 Å². The van der Waals surface area contributed by atoms with Crippen LogP contribution in [0.4, 0.5) is 0 Å². The van der Waals surface area contributed by atoms with Crippen LogP contribution in [0.25, 0.3) is 10.9 Å². The van der Waals surface area contributed by atoms with E-state index in [9.17, 15) is 9.59 Å². The fraction of sp³-hybridized carbons (Fsp3) is 0.304. The lowest BCUT2D eigenvalue weighted by molar-refractivity contribution is -0.144. The second kappa shape index (κ2) is 9.95. The number of ether oxygens (including phenoxy) is 2. The summed E-state index contributed by atoms with van der Waals surface area (Å²) in [6.45, 7) is 7.53. The number of aliphatic carboxylic acids is 1. The van der Waals surface area contributed by atoms with Crippen LogP contribution in [-0.2, 0) is 4.79 Å². The summed E-state index contributed by atoms with van der Waals surface area (Å²) in [5.41, 5.74) is 0.997.